The van der Waals surface area contributed by atoms with Crippen molar-refractivity contribution >= 4 is 40.6 Å². The standard InChI is InChI=1S/C22H15ClFN7O3/c23-14-9-12(5-7-15(14)24)18-8-6-13(33-18)10-26-28-19(32)11-31-17-4-2-1-3-16(17)27-22(31)20-21(25)30-34-29-20/h1-10H,11H2,(H2,25,30)(H,28,32). The second-order valence-corrected chi connectivity index (χ2v) is 7.54. The van der Waals surface area contributed by atoms with Crippen molar-refractivity contribution in [3.63, 3.8) is 0 Å². The second-order valence-electron chi connectivity index (χ2n) is 7.13. The molecule has 0 saturated heterocycles. The van der Waals surface area contributed by atoms with Crippen LogP contribution in [0, 0.1) is 5.82 Å². The Kier molecular flexibility index (Phi) is 5.52. The van der Waals surface area contributed by atoms with Crippen molar-refractivity contribution in [2.75, 3.05) is 5.73 Å². The third-order valence-corrected chi connectivity index (χ3v) is 5.18. The first-order chi connectivity index (χ1) is 16.5. The van der Waals surface area contributed by atoms with Crippen molar-refractivity contribution in [1.82, 2.24) is 25.3 Å². The highest BCUT2D eigenvalue weighted by atomic mass is 35.5. The number of nitrogens with zero attached hydrogens (tertiary/aromatic N) is 5. The van der Waals surface area contributed by atoms with E-state index in [1.54, 1.807) is 28.8 Å². The fraction of sp³-hybridized carbons (Fsp3) is 0.0455. The van der Waals surface area contributed by atoms with Gasteiger partial charge in [-0.1, -0.05) is 23.7 Å². The molecule has 0 aliphatic heterocycles. The molecule has 34 heavy (non-hydrogen) atoms. The number of hydrogen-bond acceptors (Lipinski definition) is 8. The molecule has 170 valence electrons. The molecule has 12 heteroatoms. The number of hydrogen-bond donors (Lipinski definition) is 2. The topological polar surface area (TPSA) is 137 Å². The predicted molar refractivity (Wildman–Crippen MR) is 122 cm³/mol. The molecule has 2 aromatic carbocycles. The third-order valence-electron chi connectivity index (χ3n) is 4.89. The maximum atomic E-state index is 13.4. The van der Waals surface area contributed by atoms with Crippen LogP contribution >= 0.6 is 11.6 Å². The van der Waals surface area contributed by atoms with E-state index in [1.807, 2.05) is 18.2 Å². The molecule has 0 atom stereocenters. The van der Waals surface area contributed by atoms with E-state index in [1.165, 1.54) is 18.3 Å². The summed E-state index contributed by atoms with van der Waals surface area (Å²) in [4.78, 5) is 17.1. The lowest BCUT2D eigenvalue weighted by Gasteiger charge is -2.06. The summed E-state index contributed by atoms with van der Waals surface area (Å²) >= 11 is 5.82. The van der Waals surface area contributed by atoms with Crippen LogP contribution in [-0.2, 0) is 11.3 Å². The van der Waals surface area contributed by atoms with E-state index in [0.29, 0.717) is 33.9 Å². The minimum absolute atomic E-state index is 0.00840. The number of nitrogens with one attached hydrogen (secondary N) is 1. The van der Waals surface area contributed by atoms with Crippen molar-refractivity contribution in [3.05, 3.63) is 71.2 Å². The Labute approximate surface area is 195 Å². The summed E-state index contributed by atoms with van der Waals surface area (Å²) in [6.45, 7) is -0.114. The van der Waals surface area contributed by atoms with Gasteiger partial charge in [0, 0.05) is 5.56 Å². The van der Waals surface area contributed by atoms with Crippen LogP contribution in [0.4, 0.5) is 10.2 Å². The zero-order chi connectivity index (χ0) is 23.7. The summed E-state index contributed by atoms with van der Waals surface area (Å²) in [5, 5.41) is 11.3. The lowest BCUT2D eigenvalue weighted by Crippen LogP contribution is -2.23. The highest BCUT2D eigenvalue weighted by Gasteiger charge is 2.20. The molecule has 10 nitrogen and oxygen atoms in total. The molecule has 5 aromatic rings. The molecular weight excluding hydrogens is 465 g/mol. The molecule has 0 radical (unpaired) electrons. The normalized spacial score (nSPS) is 11.5. The van der Waals surface area contributed by atoms with Crippen LogP contribution in [0.5, 0.6) is 0 Å². The first-order valence-corrected chi connectivity index (χ1v) is 10.3. The van der Waals surface area contributed by atoms with Gasteiger partial charge >= 0.3 is 0 Å². The Bertz CT molecular complexity index is 1540. The van der Waals surface area contributed by atoms with Crippen LogP contribution in [-0.4, -0.2) is 32.0 Å². The van der Waals surface area contributed by atoms with Gasteiger partial charge in [0.05, 0.1) is 22.3 Å². The van der Waals surface area contributed by atoms with Crippen LogP contribution in [0.3, 0.4) is 0 Å². The number of nitrogens with two attached hydrogens (primary N) is 1. The fourth-order valence-corrected chi connectivity index (χ4v) is 3.52. The number of halogens is 2. The maximum Gasteiger partial charge on any atom is 0.260 e. The van der Waals surface area contributed by atoms with Gasteiger partial charge in [0.1, 0.15) is 23.9 Å². The van der Waals surface area contributed by atoms with E-state index in [-0.39, 0.29) is 23.1 Å². The number of para-hydroxylation sites is 2. The first kappa shape index (κ1) is 21.3. The molecule has 0 aliphatic rings. The van der Waals surface area contributed by atoms with Crippen LogP contribution in [0.2, 0.25) is 5.02 Å². The molecule has 0 spiro atoms. The summed E-state index contributed by atoms with van der Waals surface area (Å²) < 4.78 is 25.3. The number of carbonyl (C=O) groups excluding carboxylic acids is 1. The molecule has 0 saturated carbocycles. The molecular formula is C22H15ClFN7O3. The summed E-state index contributed by atoms with van der Waals surface area (Å²) in [6.07, 6.45) is 1.35. The van der Waals surface area contributed by atoms with Crippen LogP contribution < -0.4 is 11.2 Å². The highest BCUT2D eigenvalue weighted by molar-refractivity contribution is 6.31. The minimum atomic E-state index is -0.516. The van der Waals surface area contributed by atoms with Crippen molar-refractivity contribution in [1.29, 1.82) is 0 Å². The Morgan fingerprint density at radius 1 is 1.21 bits per heavy atom. The predicted octanol–water partition coefficient (Wildman–Crippen LogP) is 3.87. The van der Waals surface area contributed by atoms with Gasteiger partial charge in [-0.05, 0) is 52.8 Å². The number of nitrogen functional groups attached to an aromatic ring is 1. The number of fused-ring (bicyclic) bond motifs is 1. The largest absolute Gasteiger partial charge is 0.455 e. The molecule has 3 aromatic heterocycles. The number of benzene rings is 2. The Morgan fingerprint density at radius 2 is 2.06 bits per heavy atom. The van der Waals surface area contributed by atoms with Crippen molar-refractivity contribution in [2.45, 2.75) is 6.54 Å². The van der Waals surface area contributed by atoms with Gasteiger partial charge in [-0.3, -0.25) is 4.79 Å². The van der Waals surface area contributed by atoms with E-state index >= 15 is 0 Å². The molecule has 0 aliphatic carbocycles. The van der Waals surface area contributed by atoms with E-state index in [4.69, 9.17) is 21.8 Å². The second kappa shape index (κ2) is 8.79. The van der Waals surface area contributed by atoms with Gasteiger partial charge in [-0.25, -0.2) is 19.4 Å². The van der Waals surface area contributed by atoms with Gasteiger partial charge in [-0.15, -0.1) is 0 Å². The van der Waals surface area contributed by atoms with Gasteiger partial charge in [0.25, 0.3) is 5.91 Å². The minimum Gasteiger partial charge on any atom is -0.455 e. The third kappa shape index (κ3) is 4.11. The van der Waals surface area contributed by atoms with Crippen LogP contribution in [0.25, 0.3) is 33.9 Å². The van der Waals surface area contributed by atoms with Crippen LogP contribution in [0.15, 0.2) is 68.7 Å². The molecule has 3 N–H and O–H groups in total. The lowest BCUT2D eigenvalue weighted by atomic mass is 10.2. The molecule has 5 rings (SSSR count). The Morgan fingerprint density at radius 3 is 2.85 bits per heavy atom. The van der Waals surface area contributed by atoms with E-state index in [2.05, 4.69) is 30.5 Å². The zero-order valence-electron chi connectivity index (χ0n) is 17.3. The monoisotopic (exact) mass is 479 g/mol. The SMILES string of the molecule is Nc1nonc1-c1nc2ccccc2n1CC(=O)NN=Cc1ccc(-c2ccc(F)c(Cl)c2)o1. The average molecular weight is 480 g/mol. The van der Waals surface area contributed by atoms with Crippen molar-refractivity contribution in [2.24, 2.45) is 5.10 Å². The molecule has 0 bridgehead atoms. The lowest BCUT2D eigenvalue weighted by molar-refractivity contribution is -0.121. The van der Waals surface area contributed by atoms with Crippen molar-refractivity contribution < 1.29 is 18.2 Å². The van der Waals surface area contributed by atoms with E-state index in [0.717, 1.165) is 0 Å². The number of rotatable bonds is 6. The first-order valence-electron chi connectivity index (χ1n) is 9.90. The zero-order valence-corrected chi connectivity index (χ0v) is 18.0. The summed E-state index contributed by atoms with van der Waals surface area (Å²) in [5.74, 6) is 0.318. The van der Waals surface area contributed by atoms with Gasteiger partial charge < -0.3 is 14.7 Å². The van der Waals surface area contributed by atoms with Gasteiger partial charge in [0.15, 0.2) is 17.3 Å². The van der Waals surface area contributed by atoms with E-state index in [9.17, 15) is 9.18 Å². The number of carbonyl (C=O) groups is 1. The fourth-order valence-electron chi connectivity index (χ4n) is 3.34. The number of anilines is 1. The summed E-state index contributed by atoms with van der Waals surface area (Å²) in [7, 11) is 0. The molecule has 3 heterocycles. The smallest absolute Gasteiger partial charge is 0.260 e. The average Bonchev–Trinajstić information content (AvgIpc) is 3.55. The maximum absolute atomic E-state index is 13.4. The highest BCUT2D eigenvalue weighted by Crippen LogP contribution is 2.27. The van der Waals surface area contributed by atoms with E-state index < -0.39 is 11.7 Å². The quantitative estimate of drug-likeness (QED) is 0.278. The van der Waals surface area contributed by atoms with Gasteiger partial charge in [-0.2, -0.15) is 5.10 Å². The van der Waals surface area contributed by atoms with Crippen LogP contribution in [0.1, 0.15) is 5.76 Å². The Balaban J connectivity index is 1.31. The molecule has 0 unspecified atom stereocenters. The summed E-state index contributed by atoms with van der Waals surface area (Å²) in [5.41, 5.74) is 10.5. The molecule has 1 amide bonds. The van der Waals surface area contributed by atoms with Gasteiger partial charge in [0.2, 0.25) is 0 Å². The number of hydrazone groups is 1. The number of furan rings is 1. The number of imidazole rings is 1. The number of amides is 1. The summed E-state index contributed by atoms with van der Waals surface area (Å²) in [6, 6.07) is 14.9. The van der Waals surface area contributed by atoms with Crippen molar-refractivity contribution in [3.8, 4) is 22.8 Å². The molecule has 0 fully saturated rings. The Hall–Kier alpha value is -4.51. The number of aromatic nitrogens is 4.